The average molecular weight is 163 g/mol. The van der Waals surface area contributed by atoms with Gasteiger partial charge < -0.3 is 5.11 Å². The molecule has 0 aliphatic rings. The molecule has 1 N–H and O–H groups in total. The van der Waals surface area contributed by atoms with Gasteiger partial charge in [-0.15, -0.1) is 0 Å². The molecule has 0 aromatic carbocycles. The molecular weight excluding hydrogens is 150 g/mol. The molecule has 0 aliphatic carbocycles. The minimum Gasteiger partial charge on any atom is -0.394 e. The molecule has 0 aromatic rings. The Morgan fingerprint density at radius 1 is 1.60 bits per heavy atom. The van der Waals surface area contributed by atoms with E-state index >= 15 is 0 Å². The van der Waals surface area contributed by atoms with E-state index in [0.29, 0.717) is 11.0 Å². The first kappa shape index (κ1) is 9.91. The normalized spacial score (nSPS) is 13.6. The average Bonchev–Trinajstić information content (AvgIpc) is 1.90. The third-order valence-corrected chi connectivity index (χ3v) is 2.23. The maximum absolute atomic E-state index is 9.93. The summed E-state index contributed by atoms with van der Waals surface area (Å²) in [5.74, 6) is 0.623. The van der Waals surface area contributed by atoms with Gasteiger partial charge in [-0.25, -0.2) is 0 Å². The summed E-state index contributed by atoms with van der Waals surface area (Å²) in [6.07, 6.45) is 0. The van der Waals surface area contributed by atoms with E-state index in [4.69, 9.17) is 5.11 Å². The maximum atomic E-state index is 9.93. The van der Waals surface area contributed by atoms with E-state index in [1.807, 2.05) is 13.8 Å². The molecule has 1 unspecified atom stereocenters. The number of hydrogen-bond acceptors (Lipinski definition) is 4. The maximum Gasteiger partial charge on any atom is 0.124 e. The molecule has 3 nitrogen and oxygen atoms in total. The van der Waals surface area contributed by atoms with Crippen molar-refractivity contribution in [2.75, 3.05) is 12.4 Å². The summed E-state index contributed by atoms with van der Waals surface area (Å²) < 4.78 is 0. The van der Waals surface area contributed by atoms with Gasteiger partial charge in [-0.1, -0.05) is 19.0 Å². The van der Waals surface area contributed by atoms with E-state index in [1.165, 1.54) is 0 Å². The Morgan fingerprint density at radius 3 is 2.50 bits per heavy atom. The second-order valence-corrected chi connectivity index (χ2v) is 3.93. The van der Waals surface area contributed by atoms with Crippen molar-refractivity contribution in [2.24, 2.45) is 5.18 Å². The molecule has 0 saturated heterocycles. The molecule has 1 atom stereocenters. The van der Waals surface area contributed by atoms with Crippen molar-refractivity contribution in [2.45, 2.75) is 25.1 Å². The van der Waals surface area contributed by atoms with Crippen molar-refractivity contribution < 1.29 is 5.11 Å². The highest BCUT2D eigenvalue weighted by Crippen LogP contribution is 2.11. The summed E-state index contributed by atoms with van der Waals surface area (Å²) in [5.41, 5.74) is 0. The van der Waals surface area contributed by atoms with E-state index in [9.17, 15) is 4.91 Å². The fourth-order valence-corrected chi connectivity index (χ4v) is 1.19. The Bertz CT molecular complexity index is 97.7. The van der Waals surface area contributed by atoms with Crippen molar-refractivity contribution in [1.82, 2.24) is 0 Å². The van der Waals surface area contributed by atoms with Crippen LogP contribution in [0.3, 0.4) is 0 Å². The van der Waals surface area contributed by atoms with E-state index < -0.39 is 6.04 Å². The smallest absolute Gasteiger partial charge is 0.124 e. The van der Waals surface area contributed by atoms with Gasteiger partial charge in [0.05, 0.1) is 6.61 Å². The van der Waals surface area contributed by atoms with Gasteiger partial charge in [-0.05, 0) is 5.25 Å². The summed E-state index contributed by atoms with van der Waals surface area (Å²) in [4.78, 5) is 9.93. The number of rotatable bonds is 5. The number of hydrogen-bond donors (Lipinski definition) is 1. The zero-order valence-electron chi connectivity index (χ0n) is 6.28. The lowest BCUT2D eigenvalue weighted by Gasteiger charge is -2.06. The number of aliphatic hydroxyl groups is 1. The van der Waals surface area contributed by atoms with Crippen LogP contribution in [0.4, 0.5) is 0 Å². The largest absolute Gasteiger partial charge is 0.394 e. The second kappa shape index (κ2) is 5.68. The first-order chi connectivity index (χ1) is 4.70. The van der Waals surface area contributed by atoms with Gasteiger partial charge in [-0.2, -0.15) is 16.7 Å². The van der Waals surface area contributed by atoms with E-state index in [0.717, 1.165) is 0 Å². The molecule has 0 radical (unpaired) electrons. The minimum absolute atomic E-state index is 0.136. The Labute approximate surface area is 65.2 Å². The number of nitroso groups, excluding NO2 is 1. The van der Waals surface area contributed by atoms with E-state index in [1.54, 1.807) is 11.8 Å². The van der Waals surface area contributed by atoms with Crippen LogP contribution in [0.2, 0.25) is 0 Å². The highest BCUT2D eigenvalue weighted by molar-refractivity contribution is 7.99. The molecule has 60 valence electrons. The fraction of sp³-hybridized carbons (Fsp3) is 1.00. The molecule has 0 spiro atoms. The number of thioether (sulfide) groups is 1. The fourth-order valence-electron chi connectivity index (χ4n) is 0.420. The summed E-state index contributed by atoms with van der Waals surface area (Å²) in [5, 5.41) is 11.8. The molecule has 0 amide bonds. The standard InChI is InChI=1S/C6H13NO2S/c1-5(2)10-4-6(3-8)7-9/h5-6,8H,3-4H2,1-2H3. The van der Waals surface area contributed by atoms with Crippen LogP contribution in [0.1, 0.15) is 13.8 Å². The number of nitrogens with zero attached hydrogens (tertiary/aromatic N) is 1. The highest BCUT2D eigenvalue weighted by Gasteiger charge is 2.07. The minimum atomic E-state index is -0.424. The zero-order chi connectivity index (χ0) is 7.98. The van der Waals surface area contributed by atoms with Crippen LogP contribution in [-0.4, -0.2) is 28.8 Å². The van der Waals surface area contributed by atoms with Crippen molar-refractivity contribution in [1.29, 1.82) is 0 Å². The van der Waals surface area contributed by atoms with Gasteiger partial charge in [0.2, 0.25) is 0 Å². The van der Waals surface area contributed by atoms with Crippen LogP contribution in [0.15, 0.2) is 5.18 Å². The molecule has 0 aromatic heterocycles. The lowest BCUT2D eigenvalue weighted by Crippen LogP contribution is -2.13. The Kier molecular flexibility index (Phi) is 5.63. The predicted octanol–water partition coefficient (Wildman–Crippen LogP) is 1.26. The highest BCUT2D eigenvalue weighted by atomic mass is 32.2. The summed E-state index contributed by atoms with van der Waals surface area (Å²) in [7, 11) is 0. The summed E-state index contributed by atoms with van der Waals surface area (Å²) in [6.45, 7) is 3.96. The lowest BCUT2D eigenvalue weighted by molar-refractivity contribution is 0.275. The van der Waals surface area contributed by atoms with Crippen LogP contribution >= 0.6 is 11.8 Å². The first-order valence-corrected chi connectivity index (χ1v) is 4.30. The predicted molar refractivity (Wildman–Crippen MR) is 44.3 cm³/mol. The molecule has 10 heavy (non-hydrogen) atoms. The van der Waals surface area contributed by atoms with Crippen molar-refractivity contribution in [3.63, 3.8) is 0 Å². The van der Waals surface area contributed by atoms with E-state index in [-0.39, 0.29) is 6.61 Å². The van der Waals surface area contributed by atoms with E-state index in [2.05, 4.69) is 5.18 Å². The SMILES string of the molecule is CC(C)SCC(CO)N=O. The molecule has 4 heteroatoms. The van der Waals surface area contributed by atoms with Gasteiger partial charge in [0, 0.05) is 5.75 Å². The van der Waals surface area contributed by atoms with Gasteiger partial charge >= 0.3 is 0 Å². The van der Waals surface area contributed by atoms with Crippen LogP contribution in [0.25, 0.3) is 0 Å². The summed E-state index contributed by atoms with van der Waals surface area (Å²) in [6, 6.07) is -0.424. The van der Waals surface area contributed by atoms with Gasteiger partial charge in [0.15, 0.2) is 0 Å². The molecule has 0 fully saturated rings. The third-order valence-electron chi connectivity index (χ3n) is 0.982. The topological polar surface area (TPSA) is 49.7 Å². The van der Waals surface area contributed by atoms with Crippen LogP contribution in [0, 0.1) is 4.91 Å². The molecule has 0 bridgehead atoms. The summed E-state index contributed by atoms with van der Waals surface area (Å²) >= 11 is 1.63. The van der Waals surface area contributed by atoms with Crippen molar-refractivity contribution in [3.8, 4) is 0 Å². The Balaban J connectivity index is 3.34. The van der Waals surface area contributed by atoms with Gasteiger partial charge in [0.25, 0.3) is 0 Å². The molecule has 0 rings (SSSR count). The Hall–Kier alpha value is -0.0900. The van der Waals surface area contributed by atoms with Crippen molar-refractivity contribution in [3.05, 3.63) is 4.91 Å². The zero-order valence-corrected chi connectivity index (χ0v) is 7.10. The number of aliphatic hydroxyl groups excluding tert-OH is 1. The monoisotopic (exact) mass is 163 g/mol. The molecule has 0 aliphatic heterocycles. The lowest BCUT2D eigenvalue weighted by atomic mass is 10.4. The molecule has 0 saturated carbocycles. The first-order valence-electron chi connectivity index (χ1n) is 3.25. The Morgan fingerprint density at radius 2 is 2.20 bits per heavy atom. The second-order valence-electron chi connectivity index (χ2n) is 2.32. The van der Waals surface area contributed by atoms with Crippen molar-refractivity contribution >= 4 is 11.8 Å². The van der Waals surface area contributed by atoms with Gasteiger partial charge in [0.1, 0.15) is 6.04 Å². The molecule has 0 heterocycles. The van der Waals surface area contributed by atoms with Gasteiger partial charge in [-0.3, -0.25) is 0 Å². The third kappa shape index (κ3) is 4.76. The molecular formula is C6H13NO2S. The quantitative estimate of drug-likeness (QED) is 0.621. The van der Waals surface area contributed by atoms with Crippen LogP contribution in [0.5, 0.6) is 0 Å². The van der Waals surface area contributed by atoms with Crippen LogP contribution < -0.4 is 0 Å². The van der Waals surface area contributed by atoms with Crippen LogP contribution in [-0.2, 0) is 0 Å².